The van der Waals surface area contributed by atoms with Crippen LogP contribution in [0.5, 0.6) is 0 Å². The molecule has 1 atom stereocenters. The van der Waals surface area contributed by atoms with Crippen molar-refractivity contribution in [1.29, 1.82) is 0 Å². The summed E-state index contributed by atoms with van der Waals surface area (Å²) < 4.78 is 2.07. The van der Waals surface area contributed by atoms with Gasteiger partial charge in [-0.25, -0.2) is 14.8 Å². The first kappa shape index (κ1) is 11.4. The predicted octanol–water partition coefficient (Wildman–Crippen LogP) is 0.161. The highest BCUT2D eigenvalue weighted by Crippen LogP contribution is 2.13. The molecule has 0 aliphatic carbocycles. The fourth-order valence-electron chi connectivity index (χ4n) is 2.10. The maximum atomic E-state index is 11.8. The Morgan fingerprint density at radius 2 is 2.33 bits per heavy atom. The number of hydrogen-bond donors (Lipinski definition) is 2. The standard InChI is InChI=1S/C10H10BrN5O2/c11-6-3-12-8-9(14-6)16(10(18)15-8)4-5-1-2-7(17)13-5/h3,5H,1-2,4H2,(H,13,17)(H,12,15,18). The van der Waals surface area contributed by atoms with Crippen molar-refractivity contribution in [3.8, 4) is 0 Å². The SMILES string of the molecule is O=C1CCC(Cn2c(=O)[nH]c3ncc(Br)nc32)N1. The van der Waals surface area contributed by atoms with E-state index in [1.54, 1.807) is 0 Å². The monoisotopic (exact) mass is 311 g/mol. The number of rotatable bonds is 2. The summed E-state index contributed by atoms with van der Waals surface area (Å²) in [6.45, 7) is 0.412. The minimum atomic E-state index is -0.260. The molecule has 3 heterocycles. The van der Waals surface area contributed by atoms with E-state index in [9.17, 15) is 9.59 Å². The van der Waals surface area contributed by atoms with Crippen LogP contribution in [-0.2, 0) is 11.3 Å². The number of carbonyl (C=O) groups is 1. The van der Waals surface area contributed by atoms with Crippen molar-refractivity contribution in [2.45, 2.75) is 25.4 Å². The van der Waals surface area contributed by atoms with E-state index in [2.05, 4.69) is 36.2 Å². The molecular formula is C10H10BrN5O2. The van der Waals surface area contributed by atoms with Gasteiger partial charge in [0.1, 0.15) is 4.60 Å². The molecule has 8 heteroatoms. The molecule has 2 aromatic rings. The van der Waals surface area contributed by atoms with Crippen molar-refractivity contribution in [2.24, 2.45) is 0 Å². The van der Waals surface area contributed by atoms with E-state index in [1.807, 2.05) is 0 Å². The van der Waals surface area contributed by atoms with Gasteiger partial charge in [0.2, 0.25) is 5.91 Å². The molecule has 2 aromatic heterocycles. The maximum Gasteiger partial charge on any atom is 0.328 e. The van der Waals surface area contributed by atoms with Crippen LogP contribution in [0.3, 0.4) is 0 Å². The van der Waals surface area contributed by atoms with Gasteiger partial charge in [-0.1, -0.05) is 0 Å². The second-order valence-corrected chi connectivity index (χ2v) is 5.02. The molecule has 1 fully saturated rings. The van der Waals surface area contributed by atoms with E-state index in [4.69, 9.17) is 0 Å². The van der Waals surface area contributed by atoms with Crippen molar-refractivity contribution < 1.29 is 4.79 Å². The number of nitrogens with zero attached hydrogens (tertiary/aromatic N) is 3. The van der Waals surface area contributed by atoms with Gasteiger partial charge in [-0.2, -0.15) is 0 Å². The number of carbonyl (C=O) groups excluding carboxylic acids is 1. The topological polar surface area (TPSA) is 92.7 Å². The van der Waals surface area contributed by atoms with E-state index in [-0.39, 0.29) is 17.6 Å². The van der Waals surface area contributed by atoms with Gasteiger partial charge in [-0.15, -0.1) is 0 Å². The molecule has 1 unspecified atom stereocenters. The van der Waals surface area contributed by atoms with Gasteiger partial charge >= 0.3 is 5.69 Å². The first-order valence-corrected chi connectivity index (χ1v) is 6.33. The first-order chi connectivity index (χ1) is 8.63. The molecule has 0 radical (unpaired) electrons. The molecular weight excluding hydrogens is 302 g/mol. The van der Waals surface area contributed by atoms with Crippen molar-refractivity contribution in [2.75, 3.05) is 0 Å². The van der Waals surface area contributed by atoms with Gasteiger partial charge in [0.25, 0.3) is 0 Å². The number of halogens is 1. The van der Waals surface area contributed by atoms with Gasteiger partial charge in [0, 0.05) is 19.0 Å². The summed E-state index contributed by atoms with van der Waals surface area (Å²) in [6.07, 6.45) is 2.77. The van der Waals surface area contributed by atoms with Crippen LogP contribution in [0.4, 0.5) is 0 Å². The summed E-state index contributed by atoms with van der Waals surface area (Å²) in [5.74, 6) is 0.0279. The summed E-state index contributed by atoms with van der Waals surface area (Å²) in [5.41, 5.74) is 0.687. The average Bonchev–Trinajstić information content (AvgIpc) is 2.86. The molecule has 18 heavy (non-hydrogen) atoms. The zero-order chi connectivity index (χ0) is 12.7. The van der Waals surface area contributed by atoms with E-state index in [1.165, 1.54) is 10.8 Å². The number of fused-ring (bicyclic) bond motifs is 1. The summed E-state index contributed by atoms with van der Waals surface area (Å²) in [5, 5.41) is 2.83. The average molecular weight is 312 g/mol. The minimum Gasteiger partial charge on any atom is -0.352 e. The molecule has 1 aliphatic rings. The molecule has 1 saturated heterocycles. The third-order valence-electron chi connectivity index (χ3n) is 2.94. The molecule has 3 rings (SSSR count). The van der Waals surface area contributed by atoms with Gasteiger partial charge in [-0.3, -0.25) is 14.3 Å². The van der Waals surface area contributed by atoms with Crippen molar-refractivity contribution in [3.63, 3.8) is 0 Å². The molecule has 0 bridgehead atoms. The highest BCUT2D eigenvalue weighted by atomic mass is 79.9. The summed E-state index contributed by atoms with van der Waals surface area (Å²) in [4.78, 5) is 33.9. The van der Waals surface area contributed by atoms with Crippen molar-refractivity contribution in [1.82, 2.24) is 24.8 Å². The lowest BCUT2D eigenvalue weighted by atomic mass is 10.2. The molecule has 2 N–H and O–H groups in total. The Morgan fingerprint density at radius 1 is 1.50 bits per heavy atom. The number of aromatic nitrogens is 4. The maximum absolute atomic E-state index is 11.8. The van der Waals surface area contributed by atoms with Crippen molar-refractivity contribution in [3.05, 3.63) is 21.3 Å². The number of amides is 1. The fourth-order valence-corrected chi connectivity index (χ4v) is 2.37. The number of nitrogens with one attached hydrogen (secondary N) is 2. The van der Waals surface area contributed by atoms with Gasteiger partial charge < -0.3 is 5.32 Å². The molecule has 1 amide bonds. The van der Waals surface area contributed by atoms with E-state index in [0.717, 1.165) is 6.42 Å². The molecule has 94 valence electrons. The Kier molecular flexibility index (Phi) is 2.66. The normalized spacial score (nSPS) is 19.4. The Bertz CT molecular complexity index is 676. The quantitative estimate of drug-likeness (QED) is 0.826. The number of aromatic amines is 1. The molecule has 0 saturated carbocycles. The highest BCUT2D eigenvalue weighted by Gasteiger charge is 2.23. The smallest absolute Gasteiger partial charge is 0.328 e. The first-order valence-electron chi connectivity index (χ1n) is 5.54. The lowest BCUT2D eigenvalue weighted by Crippen LogP contribution is -2.33. The molecule has 0 aromatic carbocycles. The van der Waals surface area contributed by atoms with Crippen LogP contribution in [0, 0.1) is 0 Å². The van der Waals surface area contributed by atoms with Gasteiger partial charge in [-0.05, 0) is 22.4 Å². The molecule has 7 nitrogen and oxygen atoms in total. The largest absolute Gasteiger partial charge is 0.352 e. The fraction of sp³-hybridized carbons (Fsp3) is 0.400. The third-order valence-corrected chi connectivity index (χ3v) is 3.32. The van der Waals surface area contributed by atoms with Crippen LogP contribution in [0.15, 0.2) is 15.6 Å². The number of imidazole rings is 1. The van der Waals surface area contributed by atoms with Crippen LogP contribution in [0.1, 0.15) is 12.8 Å². The Labute approximate surface area is 110 Å². The lowest BCUT2D eigenvalue weighted by molar-refractivity contribution is -0.119. The predicted molar refractivity (Wildman–Crippen MR) is 67.0 cm³/mol. The zero-order valence-corrected chi connectivity index (χ0v) is 10.9. The van der Waals surface area contributed by atoms with Gasteiger partial charge in [0.05, 0.1) is 6.20 Å². The van der Waals surface area contributed by atoms with Crippen LogP contribution < -0.4 is 11.0 Å². The third kappa shape index (κ3) is 1.92. The van der Waals surface area contributed by atoms with E-state index in [0.29, 0.717) is 28.9 Å². The van der Waals surface area contributed by atoms with Crippen LogP contribution in [-0.4, -0.2) is 31.5 Å². The summed E-state index contributed by atoms with van der Waals surface area (Å²) in [7, 11) is 0. The van der Waals surface area contributed by atoms with Crippen LogP contribution >= 0.6 is 15.9 Å². The second kappa shape index (κ2) is 4.20. The lowest BCUT2D eigenvalue weighted by Gasteiger charge is -2.09. The Balaban J connectivity index is 2.00. The summed E-state index contributed by atoms with van der Waals surface area (Å²) in [6, 6.07) is -0.0185. The Morgan fingerprint density at radius 3 is 3.06 bits per heavy atom. The van der Waals surface area contributed by atoms with Crippen LogP contribution in [0.2, 0.25) is 0 Å². The van der Waals surface area contributed by atoms with Gasteiger partial charge in [0.15, 0.2) is 11.3 Å². The number of hydrogen-bond acceptors (Lipinski definition) is 4. The van der Waals surface area contributed by atoms with Crippen LogP contribution in [0.25, 0.3) is 11.3 Å². The minimum absolute atomic E-state index is 0.0185. The molecule has 0 spiro atoms. The molecule has 1 aliphatic heterocycles. The second-order valence-electron chi connectivity index (χ2n) is 4.21. The van der Waals surface area contributed by atoms with Crippen molar-refractivity contribution >= 4 is 33.1 Å². The highest BCUT2D eigenvalue weighted by molar-refractivity contribution is 9.10. The number of H-pyrrole nitrogens is 1. The summed E-state index contributed by atoms with van der Waals surface area (Å²) >= 11 is 3.23. The van der Waals surface area contributed by atoms with E-state index >= 15 is 0 Å². The Hall–Kier alpha value is -1.70. The zero-order valence-electron chi connectivity index (χ0n) is 9.31. The van der Waals surface area contributed by atoms with E-state index < -0.39 is 0 Å².